The summed E-state index contributed by atoms with van der Waals surface area (Å²) in [4.78, 5) is 27.7. The van der Waals surface area contributed by atoms with Crippen LogP contribution >= 0.6 is 22.9 Å². The average molecular weight is 526 g/mol. The Bertz CT molecular complexity index is 1310. The maximum Gasteiger partial charge on any atom is 0.246 e. The van der Waals surface area contributed by atoms with Crippen LogP contribution in [0.1, 0.15) is 39.5 Å². The monoisotopic (exact) mass is 525 g/mol. The fourth-order valence-corrected chi connectivity index (χ4v) is 5.23. The van der Waals surface area contributed by atoms with Crippen LogP contribution in [0.3, 0.4) is 0 Å². The maximum absolute atomic E-state index is 12.1. The molecule has 9 nitrogen and oxygen atoms in total. The molecule has 0 saturated carbocycles. The number of aromatic nitrogens is 3. The van der Waals surface area contributed by atoms with E-state index in [2.05, 4.69) is 26.8 Å². The standard InChI is InChI=1S/C25H28ClN7O2S/c1-4-21(34)33-9-5-6-17(11-33)32-25-22(24(28)29-13-30-25)23(27)16-7-8-19(18(26)10-16)35-12-20-14(2)31-15(3)36-20/h4,7-8,10,13,17,27H,1,5-6,9,11-12H2,2-3H3,(H3,28,29,30,32). The first kappa shape index (κ1) is 25.6. The van der Waals surface area contributed by atoms with Crippen LogP contribution in [0, 0.1) is 19.3 Å². The van der Waals surface area contributed by atoms with Gasteiger partial charge >= 0.3 is 0 Å². The third-order valence-electron chi connectivity index (χ3n) is 5.95. The van der Waals surface area contributed by atoms with Crippen molar-refractivity contribution in [3.63, 3.8) is 0 Å². The second-order valence-corrected chi connectivity index (χ2v) is 10.2. The zero-order valence-corrected chi connectivity index (χ0v) is 21.7. The summed E-state index contributed by atoms with van der Waals surface area (Å²) in [6.45, 7) is 9.05. The molecule has 3 aromatic rings. The van der Waals surface area contributed by atoms with E-state index in [4.69, 9.17) is 27.5 Å². The number of amides is 1. The topological polar surface area (TPSA) is 130 Å². The molecule has 2 aromatic heterocycles. The van der Waals surface area contributed by atoms with Crippen molar-refractivity contribution >= 4 is 46.2 Å². The smallest absolute Gasteiger partial charge is 0.246 e. The van der Waals surface area contributed by atoms with Crippen molar-refractivity contribution in [3.8, 4) is 5.75 Å². The van der Waals surface area contributed by atoms with Gasteiger partial charge in [-0.25, -0.2) is 15.0 Å². The molecule has 36 heavy (non-hydrogen) atoms. The van der Waals surface area contributed by atoms with Gasteiger partial charge < -0.3 is 20.7 Å². The molecule has 4 N–H and O–H groups in total. The molecule has 1 aliphatic rings. The fraction of sp³-hybridized carbons (Fsp3) is 0.320. The number of benzene rings is 1. The fourth-order valence-electron chi connectivity index (χ4n) is 4.14. The molecule has 188 valence electrons. The molecule has 4 rings (SSSR count). The Morgan fingerprint density at radius 3 is 2.92 bits per heavy atom. The molecule has 11 heteroatoms. The minimum absolute atomic E-state index is 0.0401. The molecule has 1 amide bonds. The second kappa shape index (κ2) is 11.0. The summed E-state index contributed by atoms with van der Waals surface area (Å²) in [5.74, 6) is 1.04. The predicted molar refractivity (Wildman–Crippen MR) is 143 cm³/mol. The molecule has 1 saturated heterocycles. The van der Waals surface area contributed by atoms with Gasteiger partial charge in [-0.15, -0.1) is 11.3 Å². The number of anilines is 2. The molecular formula is C25H28ClN7O2S. The van der Waals surface area contributed by atoms with E-state index in [1.54, 1.807) is 34.4 Å². The number of halogens is 1. The van der Waals surface area contributed by atoms with Crippen molar-refractivity contribution in [1.82, 2.24) is 19.9 Å². The van der Waals surface area contributed by atoms with E-state index >= 15 is 0 Å². The minimum Gasteiger partial charge on any atom is -0.486 e. The van der Waals surface area contributed by atoms with E-state index in [1.165, 1.54) is 12.4 Å². The van der Waals surface area contributed by atoms with Gasteiger partial charge in [0.15, 0.2) is 0 Å². The number of carbonyl (C=O) groups excluding carboxylic acids is 1. The molecule has 1 aromatic carbocycles. The number of hydrogen-bond donors (Lipinski definition) is 3. The normalized spacial score (nSPS) is 15.4. The van der Waals surface area contributed by atoms with Crippen molar-refractivity contribution in [2.24, 2.45) is 0 Å². The molecule has 1 atom stereocenters. The maximum atomic E-state index is 12.1. The lowest BCUT2D eigenvalue weighted by molar-refractivity contribution is -0.127. The summed E-state index contributed by atoms with van der Waals surface area (Å²) in [6, 6.07) is 5.13. The minimum atomic E-state index is -0.103. The largest absolute Gasteiger partial charge is 0.486 e. The Hall–Kier alpha value is -3.50. The summed E-state index contributed by atoms with van der Waals surface area (Å²) in [7, 11) is 0. The first-order valence-corrected chi connectivity index (χ1v) is 12.7. The van der Waals surface area contributed by atoms with Crippen LogP contribution in [0.25, 0.3) is 0 Å². The van der Waals surface area contributed by atoms with E-state index in [-0.39, 0.29) is 23.5 Å². The third-order valence-corrected chi connectivity index (χ3v) is 7.30. The zero-order chi connectivity index (χ0) is 25.8. The SMILES string of the molecule is C=CC(=O)N1CCCC(Nc2ncnc(N)c2C(=N)c2ccc(OCc3sc(C)nc3C)c(Cl)c2)C1. The number of ether oxygens (including phenoxy) is 1. The molecule has 3 heterocycles. The highest BCUT2D eigenvalue weighted by molar-refractivity contribution is 7.11. The van der Waals surface area contributed by atoms with Gasteiger partial charge in [0, 0.05) is 24.7 Å². The van der Waals surface area contributed by atoms with Gasteiger partial charge in [0.1, 0.15) is 30.3 Å². The quantitative estimate of drug-likeness (QED) is 0.294. The average Bonchev–Trinajstić information content (AvgIpc) is 3.19. The Balaban J connectivity index is 1.52. The lowest BCUT2D eigenvalue weighted by Crippen LogP contribution is -2.44. The number of carbonyl (C=O) groups is 1. The predicted octanol–water partition coefficient (Wildman–Crippen LogP) is 4.37. The number of likely N-dealkylation sites (tertiary alicyclic amines) is 1. The summed E-state index contributed by atoms with van der Waals surface area (Å²) >= 11 is 8.10. The lowest BCUT2D eigenvalue weighted by Gasteiger charge is -2.33. The molecule has 0 radical (unpaired) electrons. The van der Waals surface area contributed by atoms with Gasteiger partial charge in [0.25, 0.3) is 0 Å². The van der Waals surface area contributed by atoms with E-state index in [1.807, 2.05) is 13.8 Å². The number of thiazole rings is 1. The van der Waals surface area contributed by atoms with Gasteiger partial charge in [-0.3, -0.25) is 10.2 Å². The summed E-state index contributed by atoms with van der Waals surface area (Å²) < 4.78 is 5.91. The van der Waals surface area contributed by atoms with Crippen molar-refractivity contribution in [2.45, 2.75) is 39.3 Å². The van der Waals surface area contributed by atoms with Gasteiger partial charge in [-0.05, 0) is 51.0 Å². The number of nitrogens with two attached hydrogens (primary N) is 1. The highest BCUT2D eigenvalue weighted by Crippen LogP contribution is 2.30. The zero-order valence-electron chi connectivity index (χ0n) is 20.2. The number of nitrogen functional groups attached to an aromatic ring is 1. The second-order valence-electron chi connectivity index (χ2n) is 8.50. The molecule has 0 aliphatic carbocycles. The van der Waals surface area contributed by atoms with E-state index in [9.17, 15) is 4.79 Å². The molecule has 1 aliphatic heterocycles. The van der Waals surface area contributed by atoms with Crippen molar-refractivity contribution in [1.29, 1.82) is 5.41 Å². The van der Waals surface area contributed by atoms with Crippen LogP contribution in [-0.4, -0.2) is 50.6 Å². The van der Waals surface area contributed by atoms with Crippen LogP contribution in [0.5, 0.6) is 5.75 Å². The Labute approximate surface area is 218 Å². The Morgan fingerprint density at radius 1 is 1.42 bits per heavy atom. The van der Waals surface area contributed by atoms with Crippen LogP contribution in [0.15, 0.2) is 37.2 Å². The lowest BCUT2D eigenvalue weighted by atomic mass is 10.0. The van der Waals surface area contributed by atoms with E-state index in [0.717, 1.165) is 28.4 Å². The third kappa shape index (κ3) is 5.66. The van der Waals surface area contributed by atoms with E-state index < -0.39 is 0 Å². The number of aryl methyl sites for hydroxylation is 2. The number of hydrogen-bond acceptors (Lipinski definition) is 9. The van der Waals surface area contributed by atoms with Gasteiger partial charge in [0.05, 0.1) is 31.9 Å². The van der Waals surface area contributed by atoms with Gasteiger partial charge in [0.2, 0.25) is 5.91 Å². The number of rotatable bonds is 8. The highest BCUT2D eigenvalue weighted by atomic mass is 35.5. The molecule has 1 unspecified atom stereocenters. The Kier molecular flexibility index (Phi) is 7.85. The van der Waals surface area contributed by atoms with Crippen molar-refractivity contribution in [3.05, 3.63) is 68.9 Å². The molecular weight excluding hydrogens is 498 g/mol. The van der Waals surface area contributed by atoms with Crippen LogP contribution in [-0.2, 0) is 11.4 Å². The van der Waals surface area contributed by atoms with Crippen molar-refractivity contribution < 1.29 is 9.53 Å². The number of nitrogens with one attached hydrogen (secondary N) is 2. The Morgan fingerprint density at radius 2 is 2.22 bits per heavy atom. The van der Waals surface area contributed by atoms with Crippen LogP contribution < -0.4 is 15.8 Å². The van der Waals surface area contributed by atoms with E-state index in [0.29, 0.717) is 47.4 Å². The number of nitrogens with zero attached hydrogens (tertiary/aromatic N) is 4. The summed E-state index contributed by atoms with van der Waals surface area (Å²) in [5.41, 5.74) is 8.19. The van der Waals surface area contributed by atoms with Gasteiger partial charge in [-0.1, -0.05) is 18.2 Å². The highest BCUT2D eigenvalue weighted by Gasteiger charge is 2.25. The molecule has 0 spiro atoms. The summed E-state index contributed by atoms with van der Waals surface area (Å²) in [6.07, 6.45) is 4.39. The van der Waals surface area contributed by atoms with Gasteiger partial charge in [-0.2, -0.15) is 0 Å². The number of piperidine rings is 1. The first-order valence-electron chi connectivity index (χ1n) is 11.5. The van der Waals surface area contributed by atoms with Crippen LogP contribution in [0.2, 0.25) is 5.02 Å². The molecule has 0 bridgehead atoms. The molecule has 1 fully saturated rings. The van der Waals surface area contributed by atoms with Crippen LogP contribution in [0.4, 0.5) is 11.6 Å². The summed E-state index contributed by atoms with van der Waals surface area (Å²) in [5, 5.41) is 13.6. The first-order chi connectivity index (χ1) is 17.3. The van der Waals surface area contributed by atoms with Crippen molar-refractivity contribution in [2.75, 3.05) is 24.1 Å².